The van der Waals surface area contributed by atoms with Crippen LogP contribution in [-0.4, -0.2) is 65.0 Å². The van der Waals surface area contributed by atoms with Crippen molar-refractivity contribution in [1.29, 1.82) is 0 Å². The molecule has 1 N–H and O–H groups in total. The number of aryl methyl sites for hydroxylation is 2. The summed E-state index contributed by atoms with van der Waals surface area (Å²) in [7, 11) is 3.99. The van der Waals surface area contributed by atoms with Gasteiger partial charge < -0.3 is 14.7 Å². The average molecular weight is 411 g/mol. The molecule has 160 valence electrons. The van der Waals surface area contributed by atoms with Gasteiger partial charge in [-0.2, -0.15) is 0 Å². The average Bonchev–Trinajstić information content (AvgIpc) is 3.04. The molecule has 1 aliphatic rings. The molecule has 0 spiro atoms. The van der Waals surface area contributed by atoms with Gasteiger partial charge in [0.15, 0.2) is 11.5 Å². The van der Waals surface area contributed by atoms with Crippen molar-refractivity contribution in [2.24, 2.45) is 4.99 Å². The van der Waals surface area contributed by atoms with Crippen molar-refractivity contribution in [3.63, 3.8) is 0 Å². The third kappa shape index (κ3) is 4.68. The molecule has 1 aliphatic carbocycles. The lowest BCUT2D eigenvalue weighted by Gasteiger charge is -2.14. The number of fused-ring (bicyclic) bond motifs is 1. The number of pyridine rings is 1. The van der Waals surface area contributed by atoms with E-state index in [1.807, 2.05) is 55.6 Å². The van der Waals surface area contributed by atoms with E-state index in [4.69, 9.17) is 9.73 Å². The summed E-state index contributed by atoms with van der Waals surface area (Å²) in [5.41, 5.74) is 5.84. The number of ketones is 1. The molecule has 0 fully saturated rings. The number of carbonyl (C=O) groups is 1. The van der Waals surface area contributed by atoms with Gasteiger partial charge in [-0.25, -0.2) is 9.51 Å². The molecule has 7 heteroatoms. The minimum absolute atomic E-state index is 0.0179. The van der Waals surface area contributed by atoms with Gasteiger partial charge in [-0.3, -0.25) is 4.79 Å². The number of rotatable bonds is 8. The van der Waals surface area contributed by atoms with Gasteiger partial charge in [0, 0.05) is 18.8 Å². The van der Waals surface area contributed by atoms with E-state index in [-0.39, 0.29) is 12.4 Å². The smallest absolute Gasteiger partial charge is 0.260 e. The van der Waals surface area contributed by atoms with Gasteiger partial charge in [-0.05, 0) is 82.6 Å². The number of aliphatic imine (C=N–C) groups is 1. The quantitative estimate of drug-likeness (QED) is 0.676. The molecule has 2 aromatic heterocycles. The molecule has 0 saturated carbocycles. The van der Waals surface area contributed by atoms with Crippen LogP contribution in [0.25, 0.3) is 5.52 Å². The van der Waals surface area contributed by atoms with Gasteiger partial charge in [0.2, 0.25) is 0 Å². The summed E-state index contributed by atoms with van der Waals surface area (Å²) in [5, 5.41) is 13.9. The Kier molecular flexibility index (Phi) is 6.84. The van der Waals surface area contributed by atoms with E-state index in [1.165, 1.54) is 0 Å². The zero-order valence-electron chi connectivity index (χ0n) is 18.4. The van der Waals surface area contributed by atoms with E-state index in [2.05, 4.69) is 5.10 Å². The maximum absolute atomic E-state index is 12.2. The summed E-state index contributed by atoms with van der Waals surface area (Å²) in [6.45, 7) is 7.17. The highest BCUT2D eigenvalue weighted by Gasteiger charge is 2.20. The van der Waals surface area contributed by atoms with Crippen molar-refractivity contribution in [2.45, 2.75) is 33.6 Å². The first-order valence-corrected chi connectivity index (χ1v) is 10.2. The molecule has 2 heterocycles. The van der Waals surface area contributed by atoms with Crippen molar-refractivity contribution in [3.8, 4) is 5.88 Å². The Morgan fingerprint density at radius 3 is 2.67 bits per heavy atom. The van der Waals surface area contributed by atoms with E-state index < -0.39 is 0 Å². The molecule has 0 aromatic carbocycles. The summed E-state index contributed by atoms with van der Waals surface area (Å²) in [6.07, 6.45) is 4.59. The zero-order valence-corrected chi connectivity index (χ0v) is 18.4. The Hall–Kier alpha value is -2.77. The van der Waals surface area contributed by atoms with Crippen molar-refractivity contribution < 1.29 is 14.6 Å². The molecule has 2 aromatic rings. The largest absolute Gasteiger partial charge is 0.474 e. The molecule has 0 bridgehead atoms. The Morgan fingerprint density at radius 1 is 1.20 bits per heavy atom. The molecule has 30 heavy (non-hydrogen) atoms. The predicted molar refractivity (Wildman–Crippen MR) is 119 cm³/mol. The number of aliphatic hydroxyl groups is 1. The number of aromatic nitrogens is 2. The number of hydrogen-bond donors (Lipinski definition) is 1. The van der Waals surface area contributed by atoms with Crippen molar-refractivity contribution in [2.75, 3.05) is 33.9 Å². The minimum atomic E-state index is -0.0179. The topological polar surface area (TPSA) is 79.4 Å². The number of allylic oxidation sites excluding steroid dienone is 4. The molecule has 0 saturated heterocycles. The fourth-order valence-electron chi connectivity index (χ4n) is 3.24. The molecule has 0 atom stereocenters. The van der Waals surface area contributed by atoms with Crippen LogP contribution in [0.2, 0.25) is 0 Å². The lowest BCUT2D eigenvalue weighted by atomic mass is 9.94. The Labute approximate surface area is 177 Å². The first kappa shape index (κ1) is 21.9. The molecule has 7 nitrogen and oxygen atoms in total. The standard InChI is InChI=1S/C23H30N4O3/c1-15-8-9-20-22(23(25-27(20)17(15)3)30-12-10-26(4)5)24-19-13-16(2)21(29)14-18(19)7-6-11-28/h8-9,13-14,28H,6-7,10-12H2,1-5H3. The summed E-state index contributed by atoms with van der Waals surface area (Å²) >= 11 is 0. The highest BCUT2D eigenvalue weighted by atomic mass is 16.5. The van der Waals surface area contributed by atoms with Crippen LogP contribution in [0.3, 0.4) is 0 Å². The first-order valence-electron chi connectivity index (χ1n) is 10.2. The van der Waals surface area contributed by atoms with Crippen LogP contribution in [-0.2, 0) is 4.79 Å². The summed E-state index contributed by atoms with van der Waals surface area (Å²) in [4.78, 5) is 19.1. The fraction of sp³-hybridized carbons (Fsp3) is 0.435. The molecule has 3 rings (SSSR count). The van der Waals surface area contributed by atoms with Crippen LogP contribution in [0, 0.1) is 13.8 Å². The van der Waals surface area contributed by atoms with Gasteiger partial charge in [-0.15, -0.1) is 5.10 Å². The van der Waals surface area contributed by atoms with Crippen molar-refractivity contribution in [3.05, 3.63) is 46.7 Å². The Morgan fingerprint density at radius 2 is 1.97 bits per heavy atom. The van der Waals surface area contributed by atoms with E-state index in [1.54, 1.807) is 13.0 Å². The van der Waals surface area contributed by atoms with Gasteiger partial charge in [0.25, 0.3) is 5.88 Å². The SMILES string of the molecule is CC1=CC(=Nc2c(OCCN(C)C)nn3c(C)c(C)ccc23)C(CCCO)=CC1=O. The summed E-state index contributed by atoms with van der Waals surface area (Å²) in [5.74, 6) is 0.457. The van der Waals surface area contributed by atoms with Crippen LogP contribution >= 0.6 is 0 Å². The van der Waals surface area contributed by atoms with Gasteiger partial charge >= 0.3 is 0 Å². The monoisotopic (exact) mass is 410 g/mol. The van der Waals surface area contributed by atoms with Gasteiger partial charge in [0.1, 0.15) is 6.61 Å². The van der Waals surface area contributed by atoms with Gasteiger partial charge in [0.05, 0.1) is 11.2 Å². The minimum Gasteiger partial charge on any atom is -0.474 e. The lowest BCUT2D eigenvalue weighted by molar-refractivity contribution is -0.111. The molecule has 0 unspecified atom stereocenters. The van der Waals surface area contributed by atoms with E-state index in [0.717, 1.165) is 28.9 Å². The van der Waals surface area contributed by atoms with E-state index >= 15 is 0 Å². The number of nitrogens with zero attached hydrogens (tertiary/aromatic N) is 4. The predicted octanol–water partition coefficient (Wildman–Crippen LogP) is 3.19. The molecular weight excluding hydrogens is 380 g/mol. The number of ether oxygens (including phenoxy) is 1. The van der Waals surface area contributed by atoms with Crippen LogP contribution in [0.4, 0.5) is 5.69 Å². The van der Waals surface area contributed by atoms with Crippen LogP contribution in [0.1, 0.15) is 31.0 Å². The van der Waals surface area contributed by atoms with Crippen molar-refractivity contribution >= 4 is 22.7 Å². The maximum atomic E-state index is 12.2. The number of hydrogen-bond acceptors (Lipinski definition) is 6. The molecule has 0 amide bonds. The number of aliphatic hydroxyl groups excluding tert-OH is 1. The summed E-state index contributed by atoms with van der Waals surface area (Å²) < 4.78 is 7.87. The second-order valence-corrected chi connectivity index (χ2v) is 7.89. The Bertz CT molecular complexity index is 1040. The highest BCUT2D eigenvalue weighted by molar-refractivity contribution is 6.22. The lowest BCUT2D eigenvalue weighted by Crippen LogP contribution is -2.19. The highest BCUT2D eigenvalue weighted by Crippen LogP contribution is 2.35. The molecule has 0 radical (unpaired) electrons. The van der Waals surface area contributed by atoms with E-state index in [0.29, 0.717) is 42.3 Å². The van der Waals surface area contributed by atoms with Gasteiger partial charge in [-0.1, -0.05) is 6.07 Å². The second kappa shape index (κ2) is 9.36. The third-order valence-electron chi connectivity index (χ3n) is 5.23. The second-order valence-electron chi connectivity index (χ2n) is 7.89. The van der Waals surface area contributed by atoms with Crippen molar-refractivity contribution in [1.82, 2.24) is 14.5 Å². The van der Waals surface area contributed by atoms with Crippen LogP contribution in [0.5, 0.6) is 5.88 Å². The van der Waals surface area contributed by atoms with Crippen LogP contribution in [0.15, 0.2) is 40.4 Å². The number of likely N-dealkylation sites (N-methyl/N-ethyl adjacent to an activating group) is 1. The fourth-order valence-corrected chi connectivity index (χ4v) is 3.24. The molecule has 0 aliphatic heterocycles. The third-order valence-corrected chi connectivity index (χ3v) is 5.23. The van der Waals surface area contributed by atoms with E-state index in [9.17, 15) is 9.90 Å². The summed E-state index contributed by atoms with van der Waals surface area (Å²) in [6, 6.07) is 4.04. The molecular formula is C23H30N4O3. The zero-order chi connectivity index (χ0) is 21.8. The maximum Gasteiger partial charge on any atom is 0.260 e. The first-order chi connectivity index (χ1) is 14.3. The van der Waals surface area contributed by atoms with Crippen LogP contribution < -0.4 is 4.74 Å². The Balaban J connectivity index is 2.11. The normalized spacial score (nSPS) is 15.8. The number of carbonyl (C=O) groups excluding carboxylic acids is 1.